The predicted molar refractivity (Wildman–Crippen MR) is 84.8 cm³/mol. The van der Waals surface area contributed by atoms with Gasteiger partial charge in [0.1, 0.15) is 0 Å². The summed E-state index contributed by atoms with van der Waals surface area (Å²) in [6.45, 7) is 6.53. The molecule has 1 aliphatic rings. The summed E-state index contributed by atoms with van der Waals surface area (Å²) in [6, 6.07) is 7.38. The van der Waals surface area contributed by atoms with Crippen molar-refractivity contribution in [1.82, 2.24) is 4.31 Å². The lowest BCUT2D eigenvalue weighted by Crippen LogP contribution is -2.53. The van der Waals surface area contributed by atoms with E-state index >= 15 is 0 Å². The van der Waals surface area contributed by atoms with Gasteiger partial charge in [-0.05, 0) is 31.9 Å². The van der Waals surface area contributed by atoms with E-state index in [0.29, 0.717) is 19.0 Å². The second-order valence-electron chi connectivity index (χ2n) is 6.19. The lowest BCUT2D eigenvalue weighted by atomic mass is 10.1. The van der Waals surface area contributed by atoms with E-state index in [9.17, 15) is 8.42 Å². The molecule has 21 heavy (non-hydrogen) atoms. The first-order valence-electron chi connectivity index (χ1n) is 7.01. The van der Waals surface area contributed by atoms with Crippen molar-refractivity contribution in [2.75, 3.05) is 13.1 Å². The van der Waals surface area contributed by atoms with Crippen molar-refractivity contribution < 1.29 is 13.2 Å². The molecular weight excluding hydrogens is 310 g/mol. The van der Waals surface area contributed by atoms with Crippen LogP contribution in [0.4, 0.5) is 0 Å². The number of ether oxygens (including phenoxy) is 1. The highest BCUT2D eigenvalue weighted by atomic mass is 35.5. The Bertz CT molecular complexity index is 583. The molecule has 0 bridgehead atoms. The molecule has 1 saturated heterocycles. The van der Waals surface area contributed by atoms with Gasteiger partial charge in [-0.1, -0.05) is 24.3 Å². The first kappa shape index (κ1) is 16.7. The zero-order chi connectivity index (χ0) is 15.7. The lowest BCUT2D eigenvalue weighted by molar-refractivity contribution is -0.109. The van der Waals surface area contributed by atoms with Crippen LogP contribution in [0.5, 0.6) is 0 Å². The molecule has 1 aromatic rings. The smallest absolute Gasteiger partial charge is 0.218 e. The van der Waals surface area contributed by atoms with Crippen molar-refractivity contribution in [3.63, 3.8) is 0 Å². The quantitative estimate of drug-likeness (QED) is 0.797. The summed E-state index contributed by atoms with van der Waals surface area (Å²) < 4.78 is 32.5. The number of nitrogens with zero attached hydrogens (tertiary/aromatic N) is 1. The SMILES string of the molecule is CC1CN(S(=O)(=O)Cc2ccc(CCl)cc2)CC(C)(C)O1. The van der Waals surface area contributed by atoms with E-state index in [1.165, 1.54) is 4.31 Å². The maximum Gasteiger partial charge on any atom is 0.218 e. The Balaban J connectivity index is 2.13. The van der Waals surface area contributed by atoms with E-state index in [0.717, 1.165) is 11.1 Å². The van der Waals surface area contributed by atoms with Crippen molar-refractivity contribution in [1.29, 1.82) is 0 Å². The minimum Gasteiger partial charge on any atom is -0.370 e. The average molecular weight is 332 g/mol. The van der Waals surface area contributed by atoms with E-state index in [-0.39, 0.29) is 11.9 Å². The standard InChI is InChI=1S/C15H22ClNO3S/c1-12-9-17(11-15(2,3)20-12)21(18,19)10-14-6-4-13(8-16)5-7-14/h4-7,12H,8-11H2,1-3H3. The normalized spacial score (nSPS) is 23.1. The molecule has 1 heterocycles. The highest BCUT2D eigenvalue weighted by molar-refractivity contribution is 7.88. The molecule has 1 aromatic carbocycles. The second-order valence-corrected chi connectivity index (χ2v) is 8.42. The van der Waals surface area contributed by atoms with Gasteiger partial charge >= 0.3 is 0 Å². The third kappa shape index (κ3) is 4.42. The Kier molecular flexibility index (Phi) is 4.98. The number of alkyl halides is 1. The summed E-state index contributed by atoms with van der Waals surface area (Å²) in [4.78, 5) is 0. The van der Waals surface area contributed by atoms with Gasteiger partial charge in [0.15, 0.2) is 0 Å². The van der Waals surface area contributed by atoms with Gasteiger partial charge in [-0.3, -0.25) is 0 Å². The highest BCUT2D eigenvalue weighted by Crippen LogP contribution is 2.24. The molecule has 118 valence electrons. The monoisotopic (exact) mass is 331 g/mol. The highest BCUT2D eigenvalue weighted by Gasteiger charge is 2.37. The molecule has 0 spiro atoms. The third-order valence-corrected chi connectivity index (χ3v) is 5.53. The summed E-state index contributed by atoms with van der Waals surface area (Å²) in [5.74, 6) is 0.445. The van der Waals surface area contributed by atoms with Crippen LogP contribution in [0.15, 0.2) is 24.3 Å². The minimum atomic E-state index is -3.34. The van der Waals surface area contributed by atoms with Crippen LogP contribution in [-0.2, 0) is 26.4 Å². The minimum absolute atomic E-state index is 0.0123. The van der Waals surface area contributed by atoms with Gasteiger partial charge in [-0.15, -0.1) is 11.6 Å². The Hall–Kier alpha value is -0.620. The molecule has 2 rings (SSSR count). The van der Waals surface area contributed by atoms with Gasteiger partial charge in [-0.25, -0.2) is 8.42 Å². The Morgan fingerprint density at radius 3 is 2.38 bits per heavy atom. The summed E-state index contributed by atoms with van der Waals surface area (Å²) in [5.41, 5.74) is 1.31. The number of hydrogen-bond acceptors (Lipinski definition) is 3. The maximum absolute atomic E-state index is 12.6. The molecule has 1 aliphatic heterocycles. The maximum atomic E-state index is 12.6. The van der Waals surface area contributed by atoms with Crippen molar-refractivity contribution in [2.24, 2.45) is 0 Å². The summed E-state index contributed by atoms with van der Waals surface area (Å²) in [7, 11) is -3.34. The molecule has 4 nitrogen and oxygen atoms in total. The molecule has 1 unspecified atom stereocenters. The lowest BCUT2D eigenvalue weighted by Gasteiger charge is -2.40. The summed E-state index contributed by atoms with van der Waals surface area (Å²) in [5, 5.41) is 0. The fourth-order valence-corrected chi connectivity index (χ4v) is 4.55. The number of morpholine rings is 1. The number of rotatable bonds is 4. The third-order valence-electron chi connectivity index (χ3n) is 3.46. The van der Waals surface area contributed by atoms with Crippen LogP contribution in [0.25, 0.3) is 0 Å². The number of benzene rings is 1. The first-order valence-corrected chi connectivity index (χ1v) is 9.16. The van der Waals surface area contributed by atoms with Gasteiger partial charge in [0, 0.05) is 19.0 Å². The fourth-order valence-electron chi connectivity index (χ4n) is 2.63. The van der Waals surface area contributed by atoms with E-state index in [1.54, 1.807) is 0 Å². The zero-order valence-corrected chi connectivity index (χ0v) is 14.2. The second kappa shape index (κ2) is 6.24. The van der Waals surface area contributed by atoms with Gasteiger partial charge < -0.3 is 4.74 Å². The summed E-state index contributed by atoms with van der Waals surface area (Å²) in [6.07, 6.45) is -0.0952. The Labute approximate surface area is 132 Å². The zero-order valence-electron chi connectivity index (χ0n) is 12.7. The topological polar surface area (TPSA) is 46.6 Å². The molecule has 0 radical (unpaired) electrons. The van der Waals surface area contributed by atoms with Crippen molar-refractivity contribution in [3.8, 4) is 0 Å². The van der Waals surface area contributed by atoms with E-state index in [1.807, 2.05) is 45.0 Å². The molecule has 0 aromatic heterocycles. The Morgan fingerprint density at radius 2 is 1.86 bits per heavy atom. The fraction of sp³-hybridized carbons (Fsp3) is 0.600. The van der Waals surface area contributed by atoms with Crippen LogP contribution in [0.2, 0.25) is 0 Å². The van der Waals surface area contributed by atoms with Crippen molar-refractivity contribution in [2.45, 2.75) is 44.1 Å². The van der Waals surface area contributed by atoms with Crippen LogP contribution < -0.4 is 0 Å². The van der Waals surface area contributed by atoms with E-state index in [4.69, 9.17) is 16.3 Å². The van der Waals surface area contributed by atoms with E-state index in [2.05, 4.69) is 0 Å². The average Bonchev–Trinajstić information content (AvgIpc) is 2.37. The molecule has 1 fully saturated rings. The molecule has 0 aliphatic carbocycles. The van der Waals surface area contributed by atoms with Crippen LogP contribution in [0, 0.1) is 0 Å². The first-order chi connectivity index (χ1) is 9.72. The number of sulfonamides is 1. The van der Waals surface area contributed by atoms with Crippen LogP contribution in [0.3, 0.4) is 0 Å². The number of halogens is 1. The van der Waals surface area contributed by atoms with Crippen LogP contribution >= 0.6 is 11.6 Å². The number of hydrogen-bond donors (Lipinski definition) is 0. The van der Waals surface area contributed by atoms with E-state index < -0.39 is 15.6 Å². The van der Waals surface area contributed by atoms with Gasteiger partial charge in [0.25, 0.3) is 0 Å². The van der Waals surface area contributed by atoms with Gasteiger partial charge in [-0.2, -0.15) is 4.31 Å². The molecule has 1 atom stereocenters. The van der Waals surface area contributed by atoms with Gasteiger partial charge in [0.2, 0.25) is 10.0 Å². The van der Waals surface area contributed by atoms with Crippen molar-refractivity contribution >= 4 is 21.6 Å². The molecule has 0 saturated carbocycles. The molecular formula is C15H22ClNO3S. The molecule has 0 N–H and O–H groups in total. The van der Waals surface area contributed by atoms with Crippen LogP contribution in [0.1, 0.15) is 31.9 Å². The summed E-state index contributed by atoms with van der Waals surface area (Å²) >= 11 is 5.74. The molecule has 0 amide bonds. The van der Waals surface area contributed by atoms with Gasteiger partial charge in [0.05, 0.1) is 17.5 Å². The largest absolute Gasteiger partial charge is 0.370 e. The molecule has 6 heteroatoms. The van der Waals surface area contributed by atoms with Crippen molar-refractivity contribution in [3.05, 3.63) is 35.4 Å². The predicted octanol–water partition coefficient (Wildman–Crippen LogP) is 2.75. The van der Waals surface area contributed by atoms with Crippen LogP contribution in [-0.4, -0.2) is 37.5 Å². The Morgan fingerprint density at radius 1 is 1.29 bits per heavy atom.